The smallest absolute Gasteiger partial charge is 0.338 e. The molecule has 0 saturated carbocycles. The second kappa shape index (κ2) is 9.54. The molecule has 0 aromatic heterocycles. The van der Waals surface area contributed by atoms with Gasteiger partial charge in [0.2, 0.25) is 0 Å². The molecule has 0 unspecified atom stereocenters. The molecule has 1 aromatic rings. The van der Waals surface area contributed by atoms with Gasteiger partial charge in [-0.3, -0.25) is 0 Å². The predicted molar refractivity (Wildman–Crippen MR) is 117 cm³/mol. The molecule has 5 nitrogen and oxygen atoms in total. The van der Waals surface area contributed by atoms with Crippen LogP contribution >= 0.6 is 0 Å². The summed E-state index contributed by atoms with van der Waals surface area (Å²) in [5.41, 5.74) is 3.76. The first-order valence-corrected chi connectivity index (χ1v) is 14.2. The molecular weight excluding hydrogens is 384 g/mol. The van der Waals surface area contributed by atoms with E-state index in [0.717, 1.165) is 41.9 Å². The van der Waals surface area contributed by atoms with Gasteiger partial charge >= 0.3 is 5.97 Å². The van der Waals surface area contributed by atoms with Gasteiger partial charge in [-0.2, -0.15) is 0 Å². The molecule has 0 amide bonds. The first-order chi connectivity index (χ1) is 13.4. The van der Waals surface area contributed by atoms with Gasteiger partial charge in [-0.15, -0.1) is 0 Å². The second-order valence-electron chi connectivity index (χ2n) is 9.73. The highest BCUT2D eigenvalue weighted by Gasteiger charge is 2.40. The van der Waals surface area contributed by atoms with Crippen molar-refractivity contribution < 1.29 is 23.8 Å². The van der Waals surface area contributed by atoms with Gasteiger partial charge in [0.05, 0.1) is 18.3 Å². The lowest BCUT2D eigenvalue weighted by Crippen LogP contribution is -2.24. The lowest BCUT2D eigenvalue weighted by Gasteiger charge is -2.18. The van der Waals surface area contributed by atoms with Gasteiger partial charge in [-0.25, -0.2) is 4.79 Å². The van der Waals surface area contributed by atoms with Crippen LogP contribution in [0.1, 0.15) is 53.7 Å². The van der Waals surface area contributed by atoms with E-state index < -0.39 is 20.0 Å². The SMILES string of the molecule is Cc1cc(C)c(C(=O)OCC[Si](C)(C)C)c(CCC[C@@H]2OC(C)(C)O[C@@H]2C=O)c1. The lowest BCUT2D eigenvalue weighted by atomic mass is 9.94. The van der Waals surface area contributed by atoms with Crippen LogP contribution in [0.4, 0.5) is 0 Å². The minimum Gasteiger partial charge on any atom is -0.462 e. The maximum Gasteiger partial charge on any atom is 0.338 e. The Bertz CT molecular complexity index is 736. The minimum atomic E-state index is -1.25. The zero-order chi connectivity index (χ0) is 21.8. The van der Waals surface area contributed by atoms with Crippen LogP contribution in [0.15, 0.2) is 12.1 Å². The number of hydrogen-bond acceptors (Lipinski definition) is 5. The topological polar surface area (TPSA) is 61.8 Å². The summed E-state index contributed by atoms with van der Waals surface area (Å²) < 4.78 is 17.1. The molecular formula is C23H36O5Si. The van der Waals surface area contributed by atoms with Crippen LogP contribution in [0.3, 0.4) is 0 Å². The van der Waals surface area contributed by atoms with Gasteiger partial charge in [0.1, 0.15) is 6.10 Å². The van der Waals surface area contributed by atoms with Crippen molar-refractivity contribution in [2.45, 2.75) is 90.6 Å². The predicted octanol–water partition coefficient (Wildman–Crippen LogP) is 4.84. The first-order valence-electron chi connectivity index (χ1n) is 10.5. The number of carbonyl (C=O) groups excluding carboxylic acids is 2. The Morgan fingerprint density at radius 3 is 2.52 bits per heavy atom. The first kappa shape index (κ1) is 23.8. The molecule has 1 fully saturated rings. The van der Waals surface area contributed by atoms with Crippen molar-refractivity contribution in [3.8, 4) is 0 Å². The van der Waals surface area contributed by atoms with E-state index in [-0.39, 0.29) is 12.1 Å². The Balaban J connectivity index is 2.04. The third-order valence-electron chi connectivity index (χ3n) is 5.14. The number of esters is 1. The fraction of sp³-hybridized carbons (Fsp3) is 0.652. The van der Waals surface area contributed by atoms with Crippen LogP contribution in [-0.2, 0) is 25.4 Å². The van der Waals surface area contributed by atoms with E-state index in [1.165, 1.54) is 0 Å². The molecule has 0 N–H and O–H groups in total. The van der Waals surface area contributed by atoms with Crippen molar-refractivity contribution in [3.63, 3.8) is 0 Å². The summed E-state index contributed by atoms with van der Waals surface area (Å²) in [7, 11) is -1.25. The summed E-state index contributed by atoms with van der Waals surface area (Å²) in [5, 5.41) is 0. The Kier molecular flexibility index (Phi) is 7.82. The van der Waals surface area contributed by atoms with Crippen LogP contribution in [0, 0.1) is 13.8 Å². The molecule has 0 bridgehead atoms. The van der Waals surface area contributed by atoms with Crippen LogP contribution in [0.2, 0.25) is 25.7 Å². The maximum absolute atomic E-state index is 12.8. The number of aryl methyl sites for hydroxylation is 3. The minimum absolute atomic E-state index is 0.233. The van der Waals surface area contributed by atoms with Crippen LogP contribution < -0.4 is 0 Å². The molecule has 1 aromatic carbocycles. The fourth-order valence-electron chi connectivity index (χ4n) is 3.76. The third kappa shape index (κ3) is 7.05. The Morgan fingerprint density at radius 1 is 1.21 bits per heavy atom. The Hall–Kier alpha value is -1.50. The number of ether oxygens (including phenoxy) is 3. The van der Waals surface area contributed by atoms with Crippen LogP contribution in [0.5, 0.6) is 0 Å². The monoisotopic (exact) mass is 420 g/mol. The fourth-order valence-corrected chi connectivity index (χ4v) is 4.48. The van der Waals surface area contributed by atoms with Gasteiger partial charge in [0.15, 0.2) is 12.1 Å². The summed E-state index contributed by atoms with van der Waals surface area (Å²) in [5.74, 6) is -0.968. The van der Waals surface area contributed by atoms with E-state index in [1.54, 1.807) is 0 Å². The summed E-state index contributed by atoms with van der Waals surface area (Å²) >= 11 is 0. The standard InChI is InChI=1S/C23H36O5Si/c1-16-13-17(2)21(22(25)26-11-12-29(5,6)7)18(14-16)9-8-10-19-20(15-24)28-23(3,4)27-19/h13-15,19-20H,8-12H2,1-7H3/t19-,20+/m0/s1. The molecule has 0 spiro atoms. The highest BCUT2D eigenvalue weighted by Crippen LogP contribution is 2.30. The molecule has 29 heavy (non-hydrogen) atoms. The van der Waals surface area contributed by atoms with E-state index in [2.05, 4.69) is 25.7 Å². The van der Waals surface area contributed by atoms with Crippen LogP contribution in [0.25, 0.3) is 0 Å². The largest absolute Gasteiger partial charge is 0.462 e. The third-order valence-corrected chi connectivity index (χ3v) is 6.85. The van der Waals surface area contributed by atoms with E-state index in [1.807, 2.05) is 33.8 Å². The molecule has 2 atom stereocenters. The van der Waals surface area contributed by atoms with Gasteiger partial charge in [0, 0.05) is 8.07 Å². The van der Waals surface area contributed by atoms with E-state index >= 15 is 0 Å². The average molecular weight is 421 g/mol. The molecule has 1 aliphatic rings. The molecule has 1 heterocycles. The van der Waals surface area contributed by atoms with E-state index in [9.17, 15) is 9.59 Å². The van der Waals surface area contributed by atoms with Crippen molar-refractivity contribution in [3.05, 3.63) is 34.4 Å². The van der Waals surface area contributed by atoms with Crippen molar-refractivity contribution in [2.75, 3.05) is 6.61 Å². The van der Waals surface area contributed by atoms with Crippen molar-refractivity contribution >= 4 is 20.3 Å². The van der Waals surface area contributed by atoms with Crippen LogP contribution in [-0.4, -0.2) is 44.9 Å². The second-order valence-corrected chi connectivity index (χ2v) is 15.4. The molecule has 6 heteroatoms. The van der Waals surface area contributed by atoms with Crippen molar-refractivity contribution in [1.82, 2.24) is 0 Å². The van der Waals surface area contributed by atoms with Crippen molar-refractivity contribution in [2.24, 2.45) is 0 Å². The summed E-state index contributed by atoms with van der Waals surface area (Å²) in [6.07, 6.45) is 2.26. The number of carbonyl (C=O) groups is 2. The number of rotatable bonds is 9. The number of hydrogen-bond donors (Lipinski definition) is 0. The number of aldehydes is 1. The number of benzene rings is 1. The van der Waals surface area contributed by atoms with Gasteiger partial charge in [-0.05, 0) is 64.1 Å². The normalized spacial score (nSPS) is 21.2. The zero-order valence-corrected chi connectivity index (χ0v) is 20.0. The molecule has 162 valence electrons. The molecule has 0 radical (unpaired) electrons. The molecule has 1 saturated heterocycles. The lowest BCUT2D eigenvalue weighted by molar-refractivity contribution is -0.150. The average Bonchev–Trinajstić information content (AvgIpc) is 2.87. The molecule has 1 aliphatic heterocycles. The Labute approximate surface area is 176 Å². The highest BCUT2D eigenvalue weighted by atomic mass is 28.3. The van der Waals surface area contributed by atoms with E-state index in [0.29, 0.717) is 18.6 Å². The quantitative estimate of drug-likeness (QED) is 0.325. The van der Waals surface area contributed by atoms with Gasteiger partial charge < -0.3 is 19.0 Å². The van der Waals surface area contributed by atoms with E-state index in [4.69, 9.17) is 14.2 Å². The summed E-state index contributed by atoms with van der Waals surface area (Å²) in [6, 6.07) is 5.05. The van der Waals surface area contributed by atoms with Crippen molar-refractivity contribution in [1.29, 1.82) is 0 Å². The highest BCUT2D eigenvalue weighted by molar-refractivity contribution is 6.76. The summed E-state index contributed by atoms with van der Waals surface area (Å²) in [4.78, 5) is 24.1. The zero-order valence-electron chi connectivity index (χ0n) is 19.0. The molecule has 2 rings (SSSR count). The van der Waals surface area contributed by atoms with Gasteiger partial charge in [0.25, 0.3) is 0 Å². The molecule has 0 aliphatic carbocycles. The summed E-state index contributed by atoms with van der Waals surface area (Å²) in [6.45, 7) is 14.9. The Morgan fingerprint density at radius 2 is 1.90 bits per heavy atom. The van der Waals surface area contributed by atoms with Gasteiger partial charge in [-0.1, -0.05) is 37.3 Å². The maximum atomic E-state index is 12.8.